The predicted octanol–water partition coefficient (Wildman–Crippen LogP) is 3.00. The highest BCUT2D eigenvalue weighted by Crippen LogP contribution is 2.29. The second-order valence-electron chi connectivity index (χ2n) is 3.02. The van der Waals surface area contributed by atoms with E-state index in [1.54, 1.807) is 0 Å². The Morgan fingerprint density at radius 2 is 2.00 bits per heavy atom. The van der Waals surface area contributed by atoms with Crippen molar-refractivity contribution in [2.45, 2.75) is 26.3 Å². The van der Waals surface area contributed by atoms with Gasteiger partial charge >= 0.3 is 0 Å². The van der Waals surface area contributed by atoms with E-state index in [4.69, 9.17) is 0 Å². The maximum atomic E-state index is 12.4. The average molecular weight is 266 g/mol. The molecule has 0 unspecified atom stereocenters. The first-order valence-electron chi connectivity index (χ1n) is 4.07. The third-order valence-electron chi connectivity index (χ3n) is 1.45. The van der Waals surface area contributed by atoms with E-state index >= 15 is 0 Å². The molecule has 0 aromatic carbocycles. The van der Waals surface area contributed by atoms with Gasteiger partial charge in [0.15, 0.2) is 0 Å². The Balaban J connectivity index is 3.01. The van der Waals surface area contributed by atoms with E-state index in [2.05, 4.69) is 31.2 Å². The fraction of sp³-hybridized carbons (Fsp3) is 0.500. The number of anilines is 1. The lowest BCUT2D eigenvalue weighted by molar-refractivity contribution is 0.145. The number of hydrogen-bond acceptors (Lipinski definition) is 3. The molecule has 0 aliphatic carbocycles. The predicted molar refractivity (Wildman–Crippen MR) is 53.4 cm³/mol. The fourth-order valence-electron chi connectivity index (χ4n) is 0.910. The zero-order valence-corrected chi connectivity index (χ0v) is 9.35. The lowest BCUT2D eigenvalue weighted by Gasteiger charge is -2.11. The van der Waals surface area contributed by atoms with Crippen molar-refractivity contribution in [3.63, 3.8) is 0 Å². The summed E-state index contributed by atoms with van der Waals surface area (Å²) in [5, 5.41) is 2.94. The van der Waals surface area contributed by atoms with E-state index < -0.39 is 6.43 Å². The molecule has 0 saturated carbocycles. The lowest BCUT2D eigenvalue weighted by atomic mass is 10.3. The van der Waals surface area contributed by atoms with Crippen LogP contribution in [0.1, 0.15) is 26.0 Å². The topological polar surface area (TPSA) is 37.8 Å². The van der Waals surface area contributed by atoms with Crippen LogP contribution in [0.3, 0.4) is 0 Å². The van der Waals surface area contributed by atoms with E-state index in [1.165, 1.54) is 0 Å². The van der Waals surface area contributed by atoms with Crippen LogP contribution >= 0.6 is 15.9 Å². The van der Waals surface area contributed by atoms with Crippen molar-refractivity contribution in [3.05, 3.63) is 16.5 Å². The van der Waals surface area contributed by atoms with Gasteiger partial charge in [-0.05, 0) is 29.8 Å². The van der Waals surface area contributed by atoms with Gasteiger partial charge < -0.3 is 5.32 Å². The number of hydrogen-bond donors (Lipinski definition) is 1. The quantitative estimate of drug-likeness (QED) is 0.913. The van der Waals surface area contributed by atoms with Gasteiger partial charge in [0.2, 0.25) is 0 Å². The number of alkyl halides is 2. The molecule has 1 rings (SSSR count). The van der Waals surface area contributed by atoms with Gasteiger partial charge in [0.25, 0.3) is 6.43 Å². The second kappa shape index (κ2) is 4.63. The van der Waals surface area contributed by atoms with Gasteiger partial charge in [-0.25, -0.2) is 18.7 Å². The Morgan fingerprint density at radius 1 is 1.36 bits per heavy atom. The van der Waals surface area contributed by atoms with E-state index in [-0.39, 0.29) is 16.2 Å². The molecular formula is C8H10BrF2N3. The molecule has 0 aliphatic heterocycles. The monoisotopic (exact) mass is 265 g/mol. The molecule has 6 heteroatoms. The van der Waals surface area contributed by atoms with Crippen LogP contribution in [0.25, 0.3) is 0 Å². The molecule has 1 N–H and O–H groups in total. The molecule has 78 valence electrons. The van der Waals surface area contributed by atoms with Gasteiger partial charge in [-0.1, -0.05) is 0 Å². The van der Waals surface area contributed by atoms with Crippen molar-refractivity contribution in [2.24, 2.45) is 0 Å². The number of nitrogens with zero attached hydrogens (tertiary/aromatic N) is 2. The minimum atomic E-state index is -2.60. The summed E-state index contributed by atoms with van der Waals surface area (Å²) in [6.45, 7) is 3.80. The zero-order chi connectivity index (χ0) is 10.7. The lowest BCUT2D eigenvalue weighted by Crippen LogP contribution is -2.12. The van der Waals surface area contributed by atoms with E-state index in [9.17, 15) is 8.78 Å². The molecule has 0 amide bonds. The smallest absolute Gasteiger partial charge is 0.281 e. The van der Waals surface area contributed by atoms with Crippen molar-refractivity contribution in [1.29, 1.82) is 0 Å². The molecule has 3 nitrogen and oxygen atoms in total. The summed E-state index contributed by atoms with van der Waals surface area (Å²) in [6, 6.07) is 0.131. The number of aromatic nitrogens is 2. The summed E-state index contributed by atoms with van der Waals surface area (Å²) in [7, 11) is 0. The Labute approximate surface area is 89.1 Å². The number of rotatable bonds is 3. The van der Waals surface area contributed by atoms with Crippen LogP contribution in [0.15, 0.2) is 10.8 Å². The largest absolute Gasteiger partial charge is 0.367 e. The fourth-order valence-corrected chi connectivity index (χ4v) is 1.40. The molecule has 0 spiro atoms. The first-order valence-corrected chi connectivity index (χ1v) is 4.86. The Morgan fingerprint density at radius 3 is 2.50 bits per heavy atom. The van der Waals surface area contributed by atoms with Crippen LogP contribution < -0.4 is 5.32 Å². The molecule has 0 aliphatic rings. The molecule has 0 saturated heterocycles. The van der Waals surface area contributed by atoms with Gasteiger partial charge in [0.1, 0.15) is 17.8 Å². The first kappa shape index (κ1) is 11.3. The highest BCUT2D eigenvalue weighted by Gasteiger charge is 2.17. The Bertz CT molecular complexity index is 317. The van der Waals surface area contributed by atoms with Crippen molar-refractivity contribution in [2.75, 3.05) is 5.32 Å². The molecule has 1 aromatic rings. The summed E-state index contributed by atoms with van der Waals surface area (Å²) in [5.41, 5.74) is -0.289. The summed E-state index contributed by atoms with van der Waals surface area (Å²) in [6.07, 6.45) is -1.48. The molecule has 1 aromatic heterocycles. The molecule has 0 atom stereocenters. The van der Waals surface area contributed by atoms with Crippen LogP contribution in [-0.2, 0) is 0 Å². The average Bonchev–Trinajstić information content (AvgIpc) is 2.07. The maximum absolute atomic E-state index is 12.4. The summed E-state index contributed by atoms with van der Waals surface area (Å²) in [4.78, 5) is 7.36. The van der Waals surface area contributed by atoms with Gasteiger partial charge in [0.05, 0.1) is 4.47 Å². The van der Waals surface area contributed by atoms with Crippen LogP contribution in [0.2, 0.25) is 0 Å². The third-order valence-corrected chi connectivity index (χ3v) is 2.23. The van der Waals surface area contributed by atoms with E-state index in [0.717, 1.165) is 6.33 Å². The SMILES string of the molecule is CC(C)Nc1ncnc(C(F)F)c1Br. The van der Waals surface area contributed by atoms with Gasteiger partial charge in [-0.15, -0.1) is 0 Å². The van der Waals surface area contributed by atoms with Crippen LogP contribution in [0.5, 0.6) is 0 Å². The first-order chi connectivity index (χ1) is 6.52. The minimum Gasteiger partial charge on any atom is -0.367 e. The summed E-state index contributed by atoms with van der Waals surface area (Å²) < 4.78 is 25.0. The molecule has 0 bridgehead atoms. The molecule has 0 radical (unpaired) electrons. The third kappa shape index (κ3) is 2.60. The normalized spacial score (nSPS) is 11.1. The van der Waals surface area contributed by atoms with Crippen molar-refractivity contribution >= 4 is 21.7 Å². The second-order valence-corrected chi connectivity index (χ2v) is 3.81. The minimum absolute atomic E-state index is 0.131. The van der Waals surface area contributed by atoms with Crippen molar-refractivity contribution in [1.82, 2.24) is 9.97 Å². The van der Waals surface area contributed by atoms with Crippen LogP contribution in [-0.4, -0.2) is 16.0 Å². The van der Waals surface area contributed by atoms with E-state index in [1.807, 2.05) is 13.8 Å². The van der Waals surface area contributed by atoms with Gasteiger partial charge in [-0.2, -0.15) is 0 Å². The number of nitrogens with one attached hydrogen (secondary N) is 1. The van der Waals surface area contributed by atoms with Crippen molar-refractivity contribution in [3.8, 4) is 0 Å². The molecule has 14 heavy (non-hydrogen) atoms. The Kier molecular flexibility index (Phi) is 3.74. The summed E-state index contributed by atoms with van der Waals surface area (Å²) >= 11 is 3.04. The molecule has 1 heterocycles. The molecular weight excluding hydrogens is 256 g/mol. The summed E-state index contributed by atoms with van der Waals surface area (Å²) in [5.74, 6) is 0.394. The molecule has 0 fully saturated rings. The standard InChI is InChI=1S/C8H10BrF2N3/c1-4(2)14-8-5(9)6(7(10)11)12-3-13-8/h3-4,7H,1-2H3,(H,12,13,14). The van der Waals surface area contributed by atoms with E-state index in [0.29, 0.717) is 5.82 Å². The van der Waals surface area contributed by atoms with Gasteiger partial charge in [0, 0.05) is 6.04 Å². The van der Waals surface area contributed by atoms with Crippen LogP contribution in [0, 0.1) is 0 Å². The highest BCUT2D eigenvalue weighted by molar-refractivity contribution is 9.10. The Hall–Kier alpha value is -0.780. The number of halogens is 3. The van der Waals surface area contributed by atoms with Crippen LogP contribution in [0.4, 0.5) is 14.6 Å². The van der Waals surface area contributed by atoms with Crippen molar-refractivity contribution < 1.29 is 8.78 Å². The highest BCUT2D eigenvalue weighted by atomic mass is 79.9. The maximum Gasteiger partial charge on any atom is 0.281 e. The zero-order valence-electron chi connectivity index (χ0n) is 7.76. The van der Waals surface area contributed by atoms with Gasteiger partial charge in [-0.3, -0.25) is 0 Å².